The van der Waals surface area contributed by atoms with Gasteiger partial charge in [-0.2, -0.15) is 0 Å². The van der Waals surface area contributed by atoms with Crippen LogP contribution < -0.4 is 5.32 Å². The molecule has 0 saturated carbocycles. The molecular weight excluding hydrogens is 198 g/mol. The van der Waals surface area contributed by atoms with Gasteiger partial charge in [-0.25, -0.2) is 0 Å². The largest absolute Gasteiger partial charge is 0.396 e. The predicted molar refractivity (Wildman–Crippen MR) is 71.6 cm³/mol. The smallest absolute Gasteiger partial charge is 0.0446 e. The van der Waals surface area contributed by atoms with E-state index < -0.39 is 0 Å². The minimum atomic E-state index is 0.226. The lowest BCUT2D eigenvalue weighted by atomic mass is 9.85. The molecule has 0 aliphatic carbocycles. The maximum atomic E-state index is 9.02. The molecule has 2 N–H and O–H groups in total. The minimum absolute atomic E-state index is 0.226. The Morgan fingerprint density at radius 2 is 1.94 bits per heavy atom. The van der Waals surface area contributed by atoms with Crippen LogP contribution >= 0.6 is 0 Å². The Bertz CT molecular complexity index is 172. The Morgan fingerprint density at radius 3 is 2.44 bits per heavy atom. The molecule has 0 spiro atoms. The molecule has 0 aliphatic heterocycles. The highest BCUT2D eigenvalue weighted by molar-refractivity contribution is 4.80. The van der Waals surface area contributed by atoms with Crippen molar-refractivity contribution >= 4 is 0 Å². The summed E-state index contributed by atoms with van der Waals surface area (Å²) in [5.74, 6) is 0. The van der Waals surface area contributed by atoms with Gasteiger partial charge in [0.2, 0.25) is 0 Å². The number of nitrogens with one attached hydrogen (secondary N) is 1. The molecule has 0 heterocycles. The standard InChI is InChI=1S/C14H29NO/c1-5-6-7-8-9-11-15-13(10-12-16)14(2,3)4/h5,13,15-16H,1,6-12H2,2-4H3. The van der Waals surface area contributed by atoms with Crippen molar-refractivity contribution in [2.45, 2.75) is 58.9 Å². The molecule has 0 amide bonds. The predicted octanol–water partition coefficient (Wildman–Crippen LogP) is 3.12. The highest BCUT2D eigenvalue weighted by atomic mass is 16.3. The minimum Gasteiger partial charge on any atom is -0.396 e. The number of unbranched alkanes of at least 4 members (excludes halogenated alkanes) is 3. The molecule has 0 radical (unpaired) electrons. The molecule has 0 saturated heterocycles. The van der Waals surface area contributed by atoms with Gasteiger partial charge in [0.15, 0.2) is 0 Å². The topological polar surface area (TPSA) is 32.3 Å². The second-order valence-corrected chi connectivity index (χ2v) is 5.52. The van der Waals surface area contributed by atoms with Crippen molar-refractivity contribution in [3.05, 3.63) is 12.7 Å². The van der Waals surface area contributed by atoms with Crippen LogP contribution in [0.1, 0.15) is 52.9 Å². The third-order valence-corrected chi connectivity index (χ3v) is 2.94. The van der Waals surface area contributed by atoms with E-state index in [0.717, 1.165) is 19.4 Å². The molecule has 1 atom stereocenters. The SMILES string of the molecule is C=CCCCCCNC(CCO)C(C)(C)C. The lowest BCUT2D eigenvalue weighted by Crippen LogP contribution is -2.41. The van der Waals surface area contributed by atoms with Crippen LogP contribution in [0.25, 0.3) is 0 Å². The summed E-state index contributed by atoms with van der Waals surface area (Å²) in [7, 11) is 0. The van der Waals surface area contributed by atoms with Gasteiger partial charge < -0.3 is 10.4 Å². The van der Waals surface area contributed by atoms with E-state index in [1.807, 2.05) is 6.08 Å². The monoisotopic (exact) mass is 227 g/mol. The molecule has 0 rings (SSSR count). The lowest BCUT2D eigenvalue weighted by Gasteiger charge is -2.31. The summed E-state index contributed by atoms with van der Waals surface area (Å²) in [5.41, 5.74) is 0.226. The Balaban J connectivity index is 3.64. The van der Waals surface area contributed by atoms with E-state index in [9.17, 15) is 0 Å². The Hall–Kier alpha value is -0.340. The Labute approximate surface area is 101 Å². The average Bonchev–Trinajstić information content (AvgIpc) is 2.20. The molecule has 1 unspecified atom stereocenters. The van der Waals surface area contributed by atoms with Crippen molar-refractivity contribution in [2.75, 3.05) is 13.2 Å². The normalized spacial score (nSPS) is 13.8. The van der Waals surface area contributed by atoms with Crippen molar-refractivity contribution in [1.82, 2.24) is 5.32 Å². The molecule has 0 aliphatic rings. The zero-order valence-electron chi connectivity index (χ0n) is 11.3. The maximum Gasteiger partial charge on any atom is 0.0446 e. The van der Waals surface area contributed by atoms with Crippen molar-refractivity contribution in [1.29, 1.82) is 0 Å². The highest BCUT2D eigenvalue weighted by Crippen LogP contribution is 2.21. The summed E-state index contributed by atoms with van der Waals surface area (Å²) >= 11 is 0. The van der Waals surface area contributed by atoms with Gasteiger partial charge >= 0.3 is 0 Å². The second-order valence-electron chi connectivity index (χ2n) is 5.52. The summed E-state index contributed by atoms with van der Waals surface area (Å²) < 4.78 is 0. The summed E-state index contributed by atoms with van der Waals surface area (Å²) in [6, 6.07) is 0.414. The van der Waals surface area contributed by atoms with Crippen LogP contribution in [-0.4, -0.2) is 24.3 Å². The molecule has 0 aromatic heterocycles. The summed E-state index contributed by atoms with van der Waals surface area (Å²) in [6.07, 6.45) is 7.67. The van der Waals surface area contributed by atoms with Crippen LogP contribution in [0.4, 0.5) is 0 Å². The van der Waals surface area contributed by atoms with E-state index in [0.29, 0.717) is 6.04 Å². The first-order valence-corrected chi connectivity index (χ1v) is 6.47. The quantitative estimate of drug-likeness (QED) is 0.468. The van der Waals surface area contributed by atoms with Crippen LogP contribution in [0.5, 0.6) is 0 Å². The molecule has 16 heavy (non-hydrogen) atoms. The Morgan fingerprint density at radius 1 is 1.25 bits per heavy atom. The maximum absolute atomic E-state index is 9.02. The fraction of sp³-hybridized carbons (Fsp3) is 0.857. The van der Waals surface area contributed by atoms with Gasteiger partial charge in [-0.05, 0) is 37.6 Å². The highest BCUT2D eigenvalue weighted by Gasteiger charge is 2.22. The van der Waals surface area contributed by atoms with Gasteiger partial charge in [-0.15, -0.1) is 6.58 Å². The van der Waals surface area contributed by atoms with E-state index in [4.69, 9.17) is 5.11 Å². The first-order valence-electron chi connectivity index (χ1n) is 6.47. The molecule has 96 valence electrons. The zero-order chi connectivity index (χ0) is 12.4. The first kappa shape index (κ1) is 15.7. The molecule has 2 nitrogen and oxygen atoms in total. The number of hydrogen-bond acceptors (Lipinski definition) is 2. The van der Waals surface area contributed by atoms with Crippen LogP contribution in [0.2, 0.25) is 0 Å². The summed E-state index contributed by atoms with van der Waals surface area (Å²) in [4.78, 5) is 0. The molecule has 0 aromatic carbocycles. The number of rotatable bonds is 9. The van der Waals surface area contributed by atoms with Crippen LogP contribution in [0, 0.1) is 5.41 Å². The van der Waals surface area contributed by atoms with Gasteiger partial charge in [-0.1, -0.05) is 33.3 Å². The summed E-state index contributed by atoms with van der Waals surface area (Å²) in [5, 5.41) is 12.6. The molecule has 2 heteroatoms. The summed E-state index contributed by atoms with van der Waals surface area (Å²) in [6.45, 7) is 11.7. The second kappa shape index (κ2) is 8.77. The van der Waals surface area contributed by atoms with Gasteiger partial charge in [0, 0.05) is 12.6 Å². The van der Waals surface area contributed by atoms with Crippen molar-refractivity contribution < 1.29 is 5.11 Å². The molecule has 0 bridgehead atoms. The molecule has 0 aromatic rings. The van der Waals surface area contributed by atoms with Crippen molar-refractivity contribution in [3.8, 4) is 0 Å². The zero-order valence-corrected chi connectivity index (χ0v) is 11.3. The average molecular weight is 227 g/mol. The van der Waals surface area contributed by atoms with Crippen LogP contribution in [0.3, 0.4) is 0 Å². The molecule has 0 fully saturated rings. The van der Waals surface area contributed by atoms with Gasteiger partial charge in [-0.3, -0.25) is 0 Å². The lowest BCUT2D eigenvalue weighted by molar-refractivity contribution is 0.197. The van der Waals surface area contributed by atoms with Gasteiger partial charge in [0.1, 0.15) is 0 Å². The van der Waals surface area contributed by atoms with Crippen LogP contribution in [0.15, 0.2) is 12.7 Å². The van der Waals surface area contributed by atoms with E-state index in [1.165, 1.54) is 19.3 Å². The fourth-order valence-corrected chi connectivity index (χ4v) is 1.84. The van der Waals surface area contributed by atoms with E-state index in [1.54, 1.807) is 0 Å². The van der Waals surface area contributed by atoms with E-state index in [-0.39, 0.29) is 12.0 Å². The van der Waals surface area contributed by atoms with E-state index in [2.05, 4.69) is 32.7 Å². The van der Waals surface area contributed by atoms with Crippen molar-refractivity contribution in [2.24, 2.45) is 5.41 Å². The fourth-order valence-electron chi connectivity index (χ4n) is 1.84. The van der Waals surface area contributed by atoms with E-state index >= 15 is 0 Å². The number of hydrogen-bond donors (Lipinski definition) is 2. The third-order valence-electron chi connectivity index (χ3n) is 2.94. The first-order chi connectivity index (χ1) is 7.52. The number of allylic oxidation sites excluding steroid dienone is 1. The van der Waals surface area contributed by atoms with Gasteiger partial charge in [0.05, 0.1) is 0 Å². The Kier molecular flexibility index (Phi) is 8.58. The van der Waals surface area contributed by atoms with Crippen LogP contribution in [-0.2, 0) is 0 Å². The molecular formula is C14H29NO. The van der Waals surface area contributed by atoms with Gasteiger partial charge in [0.25, 0.3) is 0 Å². The van der Waals surface area contributed by atoms with Crippen molar-refractivity contribution in [3.63, 3.8) is 0 Å². The number of aliphatic hydroxyl groups is 1. The number of aliphatic hydroxyl groups excluding tert-OH is 1. The third kappa shape index (κ3) is 7.89.